The lowest BCUT2D eigenvalue weighted by atomic mass is 9.63. The summed E-state index contributed by atoms with van der Waals surface area (Å²) >= 11 is 0. The second-order valence-electron chi connectivity index (χ2n) is 5.70. The normalized spacial score (nSPS) is 26.2. The molecular weight excluding hydrogens is 243 g/mol. The lowest BCUT2D eigenvalue weighted by Crippen LogP contribution is -2.51. The SMILES string of the molecule is O=C1CC2(CCNCC2)C(c2cccc(F)c2)CN1. The summed E-state index contributed by atoms with van der Waals surface area (Å²) in [7, 11) is 0. The second kappa shape index (κ2) is 4.93. The molecular formula is C15H19FN2O. The Morgan fingerprint density at radius 1 is 1.26 bits per heavy atom. The third kappa shape index (κ3) is 2.37. The van der Waals surface area contributed by atoms with E-state index in [4.69, 9.17) is 0 Å². The molecule has 19 heavy (non-hydrogen) atoms. The Morgan fingerprint density at radius 3 is 2.79 bits per heavy atom. The van der Waals surface area contributed by atoms with E-state index in [9.17, 15) is 9.18 Å². The van der Waals surface area contributed by atoms with Gasteiger partial charge in [-0.15, -0.1) is 0 Å². The monoisotopic (exact) mass is 262 g/mol. The number of halogens is 1. The second-order valence-corrected chi connectivity index (χ2v) is 5.70. The Hall–Kier alpha value is -1.42. The van der Waals surface area contributed by atoms with Crippen molar-refractivity contribution in [3.8, 4) is 0 Å². The number of piperidine rings is 2. The highest BCUT2D eigenvalue weighted by molar-refractivity contribution is 5.78. The van der Waals surface area contributed by atoms with Crippen molar-refractivity contribution >= 4 is 5.91 Å². The summed E-state index contributed by atoms with van der Waals surface area (Å²) in [4.78, 5) is 11.8. The van der Waals surface area contributed by atoms with Crippen molar-refractivity contribution < 1.29 is 9.18 Å². The molecule has 2 aliphatic heterocycles. The van der Waals surface area contributed by atoms with Crippen molar-refractivity contribution in [1.29, 1.82) is 0 Å². The molecule has 2 N–H and O–H groups in total. The van der Waals surface area contributed by atoms with Gasteiger partial charge in [-0.05, 0) is 49.0 Å². The molecule has 1 aromatic carbocycles. The molecule has 0 radical (unpaired) electrons. The van der Waals surface area contributed by atoms with Crippen LogP contribution in [0.25, 0.3) is 0 Å². The third-order valence-corrected chi connectivity index (χ3v) is 4.61. The minimum atomic E-state index is -0.196. The number of hydrogen-bond acceptors (Lipinski definition) is 2. The highest BCUT2D eigenvalue weighted by Crippen LogP contribution is 2.47. The average molecular weight is 262 g/mol. The Bertz CT molecular complexity index is 483. The number of amides is 1. The molecule has 1 amide bonds. The number of hydrogen-bond donors (Lipinski definition) is 2. The minimum Gasteiger partial charge on any atom is -0.355 e. The Balaban J connectivity index is 1.95. The van der Waals surface area contributed by atoms with E-state index >= 15 is 0 Å². The lowest BCUT2D eigenvalue weighted by Gasteiger charge is -2.46. The lowest BCUT2D eigenvalue weighted by molar-refractivity contribution is -0.127. The molecule has 1 aromatic rings. The Morgan fingerprint density at radius 2 is 2.05 bits per heavy atom. The molecule has 2 heterocycles. The van der Waals surface area contributed by atoms with Gasteiger partial charge in [0.25, 0.3) is 0 Å². The van der Waals surface area contributed by atoms with Gasteiger partial charge in [0, 0.05) is 18.9 Å². The number of benzene rings is 1. The van der Waals surface area contributed by atoms with Crippen LogP contribution in [-0.2, 0) is 4.79 Å². The highest BCUT2D eigenvalue weighted by atomic mass is 19.1. The van der Waals surface area contributed by atoms with Crippen LogP contribution in [0.3, 0.4) is 0 Å². The number of carbonyl (C=O) groups is 1. The maximum absolute atomic E-state index is 13.5. The summed E-state index contributed by atoms with van der Waals surface area (Å²) in [5, 5.41) is 6.29. The van der Waals surface area contributed by atoms with E-state index in [0.29, 0.717) is 13.0 Å². The summed E-state index contributed by atoms with van der Waals surface area (Å²) in [6.45, 7) is 2.51. The molecule has 1 unspecified atom stereocenters. The van der Waals surface area contributed by atoms with E-state index < -0.39 is 0 Å². The van der Waals surface area contributed by atoms with Crippen LogP contribution < -0.4 is 10.6 Å². The third-order valence-electron chi connectivity index (χ3n) is 4.61. The van der Waals surface area contributed by atoms with Crippen molar-refractivity contribution in [2.24, 2.45) is 5.41 Å². The molecule has 2 fully saturated rings. The zero-order valence-electron chi connectivity index (χ0n) is 10.9. The predicted molar refractivity (Wildman–Crippen MR) is 71.3 cm³/mol. The van der Waals surface area contributed by atoms with Crippen molar-refractivity contribution in [1.82, 2.24) is 10.6 Å². The van der Waals surface area contributed by atoms with Gasteiger partial charge in [-0.2, -0.15) is 0 Å². The molecule has 102 valence electrons. The van der Waals surface area contributed by atoms with Crippen LogP contribution in [-0.4, -0.2) is 25.5 Å². The highest BCUT2D eigenvalue weighted by Gasteiger charge is 2.44. The van der Waals surface area contributed by atoms with Gasteiger partial charge < -0.3 is 10.6 Å². The summed E-state index contributed by atoms with van der Waals surface area (Å²) in [6.07, 6.45) is 2.54. The van der Waals surface area contributed by atoms with Crippen LogP contribution in [0.4, 0.5) is 4.39 Å². The van der Waals surface area contributed by atoms with Gasteiger partial charge in [-0.25, -0.2) is 4.39 Å². The predicted octanol–water partition coefficient (Wildman–Crippen LogP) is 1.80. The fraction of sp³-hybridized carbons (Fsp3) is 0.533. The maximum atomic E-state index is 13.5. The van der Waals surface area contributed by atoms with Gasteiger partial charge in [-0.3, -0.25) is 4.79 Å². The topological polar surface area (TPSA) is 41.1 Å². The molecule has 0 saturated carbocycles. The van der Waals surface area contributed by atoms with Gasteiger partial charge in [-0.1, -0.05) is 12.1 Å². The fourth-order valence-electron chi connectivity index (χ4n) is 3.58. The maximum Gasteiger partial charge on any atom is 0.220 e. The average Bonchev–Trinajstić information content (AvgIpc) is 2.39. The first-order valence-electron chi connectivity index (χ1n) is 6.92. The Kier molecular flexibility index (Phi) is 3.27. The Labute approximate surface area is 112 Å². The minimum absolute atomic E-state index is 0.00137. The first-order chi connectivity index (χ1) is 9.20. The van der Waals surface area contributed by atoms with Crippen LogP contribution in [0, 0.1) is 11.2 Å². The quantitative estimate of drug-likeness (QED) is 0.810. The molecule has 2 aliphatic rings. The van der Waals surface area contributed by atoms with E-state index in [1.807, 2.05) is 6.07 Å². The molecule has 2 saturated heterocycles. The largest absolute Gasteiger partial charge is 0.355 e. The van der Waals surface area contributed by atoms with Gasteiger partial charge in [0.2, 0.25) is 5.91 Å². The van der Waals surface area contributed by atoms with Crippen LogP contribution >= 0.6 is 0 Å². The molecule has 3 rings (SSSR count). The first-order valence-corrected chi connectivity index (χ1v) is 6.92. The first kappa shape index (κ1) is 12.6. The summed E-state index contributed by atoms with van der Waals surface area (Å²) in [5.41, 5.74) is 1.02. The smallest absolute Gasteiger partial charge is 0.220 e. The molecule has 3 nitrogen and oxygen atoms in total. The van der Waals surface area contributed by atoms with E-state index in [0.717, 1.165) is 31.5 Å². The van der Waals surface area contributed by atoms with E-state index in [1.54, 1.807) is 12.1 Å². The molecule has 0 bridgehead atoms. The molecule has 4 heteroatoms. The van der Waals surface area contributed by atoms with E-state index in [1.165, 1.54) is 6.07 Å². The van der Waals surface area contributed by atoms with Gasteiger partial charge in [0.05, 0.1) is 0 Å². The number of rotatable bonds is 1. The number of carbonyl (C=O) groups excluding carboxylic acids is 1. The molecule has 1 atom stereocenters. The van der Waals surface area contributed by atoms with Crippen molar-refractivity contribution in [2.45, 2.75) is 25.2 Å². The summed E-state index contributed by atoms with van der Waals surface area (Å²) in [6, 6.07) is 6.83. The van der Waals surface area contributed by atoms with Crippen molar-refractivity contribution in [2.75, 3.05) is 19.6 Å². The van der Waals surface area contributed by atoms with Crippen molar-refractivity contribution in [3.05, 3.63) is 35.6 Å². The van der Waals surface area contributed by atoms with E-state index in [-0.39, 0.29) is 23.1 Å². The standard InChI is InChI=1S/C15H19FN2O/c16-12-3-1-2-11(8-12)13-10-18-14(19)9-15(13)4-6-17-7-5-15/h1-3,8,13,17H,4-7,9-10H2,(H,18,19). The van der Waals surface area contributed by atoms with Gasteiger partial charge >= 0.3 is 0 Å². The van der Waals surface area contributed by atoms with Crippen LogP contribution in [0.2, 0.25) is 0 Å². The molecule has 0 aromatic heterocycles. The zero-order chi connectivity index (χ0) is 13.3. The van der Waals surface area contributed by atoms with Crippen LogP contribution in [0.1, 0.15) is 30.7 Å². The molecule has 0 aliphatic carbocycles. The molecule has 1 spiro atoms. The summed E-state index contributed by atoms with van der Waals surface area (Å²) < 4.78 is 13.5. The van der Waals surface area contributed by atoms with Crippen molar-refractivity contribution in [3.63, 3.8) is 0 Å². The number of nitrogens with one attached hydrogen (secondary N) is 2. The zero-order valence-corrected chi connectivity index (χ0v) is 10.9. The summed E-state index contributed by atoms with van der Waals surface area (Å²) in [5.74, 6) is 0.163. The van der Waals surface area contributed by atoms with Gasteiger partial charge in [0.1, 0.15) is 5.82 Å². The van der Waals surface area contributed by atoms with E-state index in [2.05, 4.69) is 10.6 Å². The van der Waals surface area contributed by atoms with Gasteiger partial charge in [0.15, 0.2) is 0 Å². The van der Waals surface area contributed by atoms with Crippen LogP contribution in [0.5, 0.6) is 0 Å². The van der Waals surface area contributed by atoms with Crippen LogP contribution in [0.15, 0.2) is 24.3 Å². The fourth-order valence-corrected chi connectivity index (χ4v) is 3.58.